The average Bonchev–Trinajstić information content (AvgIpc) is 3.12. The Hall–Kier alpha value is -2.93. The zero-order valence-corrected chi connectivity index (χ0v) is 14.9. The molecule has 0 saturated carbocycles. The van der Waals surface area contributed by atoms with Crippen LogP contribution in [0.5, 0.6) is 5.75 Å². The molecule has 1 aliphatic heterocycles. The molecule has 2 heterocycles. The standard InChI is InChI=1S/C19H15ClFN3O3/c20-14-8-11(3-5-15(14)21)22-18(25)10-27-12-4-6-16-13(9-12)19(26)24-7-1-2-17(24)23-16/h3-6,8-9H,1-2,7,10H2,(H,22,25). The number of hydrogen-bond donors (Lipinski definition) is 1. The van der Waals surface area contributed by atoms with Gasteiger partial charge in [0.15, 0.2) is 6.61 Å². The van der Waals surface area contributed by atoms with Crippen LogP contribution >= 0.6 is 11.6 Å². The second-order valence-electron chi connectivity index (χ2n) is 6.23. The van der Waals surface area contributed by atoms with Gasteiger partial charge in [0.25, 0.3) is 11.5 Å². The Morgan fingerprint density at radius 1 is 1.30 bits per heavy atom. The molecule has 3 aromatic rings. The van der Waals surface area contributed by atoms with Crippen LogP contribution in [0.25, 0.3) is 10.9 Å². The molecular weight excluding hydrogens is 373 g/mol. The first-order chi connectivity index (χ1) is 13.0. The Morgan fingerprint density at radius 2 is 2.15 bits per heavy atom. The Bertz CT molecular complexity index is 1110. The molecule has 0 spiro atoms. The number of anilines is 1. The van der Waals surface area contributed by atoms with Crippen LogP contribution in [0.2, 0.25) is 5.02 Å². The molecule has 0 aliphatic carbocycles. The predicted molar refractivity (Wildman–Crippen MR) is 99.9 cm³/mol. The van der Waals surface area contributed by atoms with Gasteiger partial charge < -0.3 is 10.1 Å². The van der Waals surface area contributed by atoms with Crippen molar-refractivity contribution in [3.8, 4) is 5.75 Å². The van der Waals surface area contributed by atoms with Crippen LogP contribution in [-0.2, 0) is 17.8 Å². The summed E-state index contributed by atoms with van der Waals surface area (Å²) in [5.41, 5.74) is 0.890. The average molecular weight is 388 g/mol. The minimum Gasteiger partial charge on any atom is -0.484 e. The Kier molecular flexibility index (Phi) is 4.53. The molecule has 6 nitrogen and oxygen atoms in total. The first-order valence-corrected chi connectivity index (χ1v) is 8.80. The van der Waals surface area contributed by atoms with Crippen LogP contribution in [0, 0.1) is 5.82 Å². The highest BCUT2D eigenvalue weighted by atomic mass is 35.5. The van der Waals surface area contributed by atoms with Gasteiger partial charge in [0.1, 0.15) is 17.4 Å². The molecule has 0 radical (unpaired) electrons. The molecule has 1 aliphatic rings. The van der Waals surface area contributed by atoms with Crippen molar-refractivity contribution in [1.29, 1.82) is 0 Å². The van der Waals surface area contributed by atoms with E-state index >= 15 is 0 Å². The highest BCUT2D eigenvalue weighted by Crippen LogP contribution is 2.21. The normalized spacial score (nSPS) is 12.8. The van der Waals surface area contributed by atoms with E-state index in [0.717, 1.165) is 18.7 Å². The number of halogens is 2. The van der Waals surface area contributed by atoms with Crippen molar-refractivity contribution in [2.24, 2.45) is 0 Å². The molecule has 1 aromatic heterocycles. The van der Waals surface area contributed by atoms with Crippen LogP contribution in [0.1, 0.15) is 12.2 Å². The lowest BCUT2D eigenvalue weighted by molar-refractivity contribution is -0.118. The molecule has 4 rings (SSSR count). The van der Waals surface area contributed by atoms with Gasteiger partial charge in [-0.25, -0.2) is 9.37 Å². The lowest BCUT2D eigenvalue weighted by atomic mass is 10.2. The van der Waals surface area contributed by atoms with E-state index in [1.807, 2.05) is 0 Å². The largest absolute Gasteiger partial charge is 0.484 e. The van der Waals surface area contributed by atoms with Gasteiger partial charge >= 0.3 is 0 Å². The minimum absolute atomic E-state index is 0.0799. The van der Waals surface area contributed by atoms with Crippen molar-refractivity contribution < 1.29 is 13.9 Å². The number of nitrogens with one attached hydrogen (secondary N) is 1. The topological polar surface area (TPSA) is 73.2 Å². The van der Waals surface area contributed by atoms with Gasteiger partial charge in [-0.2, -0.15) is 0 Å². The summed E-state index contributed by atoms with van der Waals surface area (Å²) in [5.74, 6) is 0.209. The zero-order valence-electron chi connectivity index (χ0n) is 14.2. The van der Waals surface area contributed by atoms with E-state index < -0.39 is 11.7 Å². The summed E-state index contributed by atoms with van der Waals surface area (Å²) in [5, 5.41) is 2.95. The lowest BCUT2D eigenvalue weighted by Gasteiger charge is -2.09. The molecule has 27 heavy (non-hydrogen) atoms. The quantitative estimate of drug-likeness (QED) is 0.746. The fourth-order valence-corrected chi connectivity index (χ4v) is 3.25. The highest BCUT2D eigenvalue weighted by Gasteiger charge is 2.16. The van der Waals surface area contributed by atoms with Crippen molar-refractivity contribution >= 4 is 34.1 Å². The van der Waals surface area contributed by atoms with Gasteiger partial charge in [0.2, 0.25) is 0 Å². The summed E-state index contributed by atoms with van der Waals surface area (Å²) in [6.45, 7) is 0.408. The highest BCUT2D eigenvalue weighted by molar-refractivity contribution is 6.31. The number of ether oxygens (including phenoxy) is 1. The SMILES string of the molecule is O=C(COc1ccc2nc3n(c(=O)c2c1)CCC3)Nc1ccc(F)c(Cl)c1. The van der Waals surface area contributed by atoms with Crippen LogP contribution in [0.4, 0.5) is 10.1 Å². The fraction of sp³-hybridized carbons (Fsp3) is 0.211. The van der Waals surface area contributed by atoms with E-state index in [1.54, 1.807) is 22.8 Å². The number of hydrogen-bond acceptors (Lipinski definition) is 4. The van der Waals surface area contributed by atoms with Crippen molar-refractivity contribution in [3.63, 3.8) is 0 Å². The maximum Gasteiger partial charge on any atom is 0.262 e. The van der Waals surface area contributed by atoms with Crippen LogP contribution in [0.3, 0.4) is 0 Å². The number of benzene rings is 2. The Labute approximate surface area is 158 Å². The van der Waals surface area contributed by atoms with Crippen molar-refractivity contribution in [3.05, 3.63) is 63.4 Å². The van der Waals surface area contributed by atoms with Gasteiger partial charge in [-0.1, -0.05) is 11.6 Å². The minimum atomic E-state index is -0.562. The van der Waals surface area contributed by atoms with Crippen molar-refractivity contribution in [2.45, 2.75) is 19.4 Å². The summed E-state index contributed by atoms with van der Waals surface area (Å²) in [4.78, 5) is 29.1. The predicted octanol–water partition coefficient (Wildman–Crippen LogP) is 3.15. The van der Waals surface area contributed by atoms with Gasteiger partial charge in [0, 0.05) is 18.7 Å². The summed E-state index contributed by atoms with van der Waals surface area (Å²) >= 11 is 5.69. The molecule has 138 valence electrons. The van der Waals surface area contributed by atoms with Crippen LogP contribution in [-0.4, -0.2) is 22.1 Å². The molecule has 0 unspecified atom stereocenters. The van der Waals surface area contributed by atoms with E-state index in [9.17, 15) is 14.0 Å². The number of fused-ring (bicyclic) bond motifs is 2. The van der Waals surface area contributed by atoms with Gasteiger partial charge in [-0.3, -0.25) is 14.2 Å². The molecule has 1 amide bonds. The maximum absolute atomic E-state index is 13.1. The molecule has 0 fully saturated rings. The maximum atomic E-state index is 13.1. The number of aryl methyl sites for hydroxylation is 1. The van der Waals surface area contributed by atoms with E-state index in [4.69, 9.17) is 16.3 Å². The van der Waals surface area contributed by atoms with Gasteiger partial charge in [-0.05, 0) is 42.8 Å². The van der Waals surface area contributed by atoms with E-state index in [-0.39, 0.29) is 17.2 Å². The number of amides is 1. The fourth-order valence-electron chi connectivity index (χ4n) is 3.07. The van der Waals surface area contributed by atoms with Crippen molar-refractivity contribution in [1.82, 2.24) is 9.55 Å². The third-order valence-electron chi connectivity index (χ3n) is 4.36. The summed E-state index contributed by atoms with van der Waals surface area (Å²) in [6.07, 6.45) is 1.71. The molecule has 0 bridgehead atoms. The third-order valence-corrected chi connectivity index (χ3v) is 4.65. The number of carbonyl (C=O) groups is 1. The second-order valence-corrected chi connectivity index (χ2v) is 6.64. The molecule has 2 aromatic carbocycles. The molecular formula is C19H15ClFN3O3. The Balaban J connectivity index is 1.48. The molecule has 1 N–H and O–H groups in total. The smallest absolute Gasteiger partial charge is 0.262 e. The lowest BCUT2D eigenvalue weighted by Crippen LogP contribution is -2.22. The van der Waals surface area contributed by atoms with Crippen LogP contribution < -0.4 is 15.6 Å². The van der Waals surface area contributed by atoms with E-state index in [2.05, 4.69) is 10.3 Å². The van der Waals surface area contributed by atoms with Crippen molar-refractivity contribution in [2.75, 3.05) is 11.9 Å². The summed E-state index contributed by atoms with van der Waals surface area (Å²) in [6, 6.07) is 8.87. The van der Waals surface area contributed by atoms with E-state index in [0.29, 0.717) is 28.9 Å². The first-order valence-electron chi connectivity index (χ1n) is 8.42. The molecule has 8 heteroatoms. The zero-order chi connectivity index (χ0) is 19.0. The monoisotopic (exact) mass is 387 g/mol. The second kappa shape index (κ2) is 7.00. The van der Waals surface area contributed by atoms with E-state index in [1.165, 1.54) is 18.2 Å². The summed E-state index contributed by atoms with van der Waals surface area (Å²) < 4.78 is 20.3. The number of aromatic nitrogens is 2. The summed E-state index contributed by atoms with van der Waals surface area (Å²) in [7, 11) is 0. The van der Waals surface area contributed by atoms with Gasteiger partial charge in [-0.15, -0.1) is 0 Å². The number of carbonyl (C=O) groups excluding carboxylic acids is 1. The molecule has 0 saturated heterocycles. The molecule has 0 atom stereocenters. The van der Waals surface area contributed by atoms with Gasteiger partial charge in [0.05, 0.1) is 15.9 Å². The number of nitrogens with zero attached hydrogens (tertiary/aromatic N) is 2. The number of rotatable bonds is 4. The third kappa shape index (κ3) is 3.50. The Morgan fingerprint density at radius 3 is 2.96 bits per heavy atom. The first kappa shape index (κ1) is 17.5. The van der Waals surface area contributed by atoms with Crippen LogP contribution in [0.15, 0.2) is 41.2 Å².